The molecule has 2 saturated heterocycles. The maximum absolute atomic E-state index is 12.7. The van der Waals surface area contributed by atoms with Gasteiger partial charge in [-0.05, 0) is 32.1 Å². The van der Waals surface area contributed by atoms with Gasteiger partial charge in [0.15, 0.2) is 0 Å². The van der Waals surface area contributed by atoms with Gasteiger partial charge in [-0.1, -0.05) is 6.42 Å². The van der Waals surface area contributed by atoms with Crippen molar-refractivity contribution in [3.63, 3.8) is 0 Å². The lowest BCUT2D eigenvalue weighted by molar-refractivity contribution is -0.142. The second kappa shape index (κ2) is 11.3. The summed E-state index contributed by atoms with van der Waals surface area (Å²) in [7, 11) is 0. The van der Waals surface area contributed by atoms with Gasteiger partial charge in [0.25, 0.3) is 0 Å². The number of nitrogens with two attached hydrogens (primary N) is 1. The molecule has 0 saturated carbocycles. The van der Waals surface area contributed by atoms with E-state index in [-0.39, 0.29) is 42.7 Å². The van der Waals surface area contributed by atoms with Gasteiger partial charge in [0.2, 0.25) is 17.7 Å². The average molecular weight is 375 g/mol. The minimum Gasteiger partial charge on any atom is -0.354 e. The van der Waals surface area contributed by atoms with Gasteiger partial charge < -0.3 is 20.9 Å². The minimum absolute atomic E-state index is 0. The fourth-order valence-corrected chi connectivity index (χ4v) is 3.45. The number of hydrogen-bond donors (Lipinski definition) is 2. The highest BCUT2D eigenvalue weighted by Crippen LogP contribution is 2.18. The number of hydrogen-bond acceptors (Lipinski definition) is 4. The largest absolute Gasteiger partial charge is 0.354 e. The molecule has 0 aromatic heterocycles. The number of nitrogens with zero attached hydrogens (tertiary/aromatic N) is 2. The van der Waals surface area contributed by atoms with E-state index in [0.717, 1.165) is 38.5 Å². The van der Waals surface area contributed by atoms with E-state index in [1.807, 2.05) is 4.90 Å². The molecule has 2 heterocycles. The van der Waals surface area contributed by atoms with Crippen LogP contribution >= 0.6 is 12.4 Å². The molecular formula is C17H31ClN4O3. The first-order valence-electron chi connectivity index (χ1n) is 9.16. The van der Waals surface area contributed by atoms with E-state index in [4.69, 9.17) is 5.73 Å². The molecule has 7 nitrogen and oxygen atoms in total. The summed E-state index contributed by atoms with van der Waals surface area (Å²) < 4.78 is 0. The van der Waals surface area contributed by atoms with Crippen LogP contribution in [0.15, 0.2) is 0 Å². The smallest absolute Gasteiger partial charge is 0.242 e. The second-order valence-electron chi connectivity index (χ2n) is 6.71. The average Bonchev–Trinajstić information content (AvgIpc) is 2.78. The predicted octanol–water partition coefficient (Wildman–Crippen LogP) is 0.657. The second-order valence-corrected chi connectivity index (χ2v) is 6.71. The molecule has 25 heavy (non-hydrogen) atoms. The summed E-state index contributed by atoms with van der Waals surface area (Å²) in [6.07, 6.45) is 6.73. The first kappa shape index (κ1) is 21.7. The molecule has 0 radical (unpaired) electrons. The van der Waals surface area contributed by atoms with E-state index < -0.39 is 0 Å². The van der Waals surface area contributed by atoms with Crippen molar-refractivity contribution in [2.75, 3.05) is 32.7 Å². The molecule has 1 unspecified atom stereocenters. The van der Waals surface area contributed by atoms with Crippen LogP contribution in [0.25, 0.3) is 0 Å². The van der Waals surface area contributed by atoms with Gasteiger partial charge in [-0.2, -0.15) is 0 Å². The first-order chi connectivity index (χ1) is 11.6. The van der Waals surface area contributed by atoms with E-state index in [2.05, 4.69) is 5.32 Å². The lowest BCUT2D eigenvalue weighted by Gasteiger charge is -2.37. The lowest BCUT2D eigenvalue weighted by atomic mass is 10.0. The van der Waals surface area contributed by atoms with E-state index in [1.54, 1.807) is 4.90 Å². The summed E-state index contributed by atoms with van der Waals surface area (Å²) in [5, 5.41) is 2.87. The molecular weight excluding hydrogens is 344 g/mol. The third kappa shape index (κ3) is 6.82. The van der Waals surface area contributed by atoms with E-state index in [0.29, 0.717) is 39.0 Å². The van der Waals surface area contributed by atoms with Crippen LogP contribution in [0.1, 0.15) is 51.4 Å². The highest BCUT2D eigenvalue weighted by atomic mass is 35.5. The highest BCUT2D eigenvalue weighted by molar-refractivity contribution is 5.85. The Balaban J connectivity index is 0.00000312. The van der Waals surface area contributed by atoms with Crippen LogP contribution in [0.5, 0.6) is 0 Å². The van der Waals surface area contributed by atoms with Crippen LogP contribution in [-0.2, 0) is 14.4 Å². The Labute approximate surface area is 156 Å². The van der Waals surface area contributed by atoms with Gasteiger partial charge in [0.05, 0.1) is 6.54 Å². The number of likely N-dealkylation sites (tertiary alicyclic amines) is 2. The van der Waals surface area contributed by atoms with E-state index in [1.165, 1.54) is 0 Å². The van der Waals surface area contributed by atoms with Crippen LogP contribution < -0.4 is 11.1 Å². The van der Waals surface area contributed by atoms with E-state index >= 15 is 0 Å². The van der Waals surface area contributed by atoms with Crippen molar-refractivity contribution in [2.24, 2.45) is 5.73 Å². The molecule has 0 spiro atoms. The first-order valence-corrected chi connectivity index (χ1v) is 9.16. The van der Waals surface area contributed by atoms with Crippen LogP contribution in [0.3, 0.4) is 0 Å². The van der Waals surface area contributed by atoms with Crippen molar-refractivity contribution in [1.29, 1.82) is 0 Å². The van der Waals surface area contributed by atoms with Crippen LogP contribution in [0, 0.1) is 0 Å². The van der Waals surface area contributed by atoms with E-state index in [9.17, 15) is 14.4 Å². The molecule has 2 aliphatic rings. The van der Waals surface area contributed by atoms with Gasteiger partial charge in [0, 0.05) is 45.1 Å². The predicted molar refractivity (Wildman–Crippen MR) is 98.3 cm³/mol. The van der Waals surface area contributed by atoms with Crippen molar-refractivity contribution < 1.29 is 14.4 Å². The molecule has 3 N–H and O–H groups in total. The fourth-order valence-electron chi connectivity index (χ4n) is 3.45. The minimum atomic E-state index is -0.0711. The molecule has 0 aromatic carbocycles. The molecule has 2 aliphatic heterocycles. The maximum atomic E-state index is 12.7. The molecule has 2 rings (SSSR count). The Hall–Kier alpha value is -1.34. The Kier molecular flexibility index (Phi) is 9.82. The van der Waals surface area contributed by atoms with Crippen molar-refractivity contribution >= 4 is 30.1 Å². The molecule has 144 valence electrons. The van der Waals surface area contributed by atoms with Gasteiger partial charge in [0.1, 0.15) is 0 Å². The Morgan fingerprint density at radius 3 is 2.64 bits per heavy atom. The zero-order valence-electron chi connectivity index (χ0n) is 14.9. The van der Waals surface area contributed by atoms with Crippen LogP contribution in [-0.4, -0.2) is 66.3 Å². The monoisotopic (exact) mass is 374 g/mol. The Morgan fingerprint density at radius 2 is 1.88 bits per heavy atom. The van der Waals surface area contributed by atoms with Crippen molar-refractivity contribution in [3.8, 4) is 0 Å². The quantitative estimate of drug-likeness (QED) is 0.713. The molecule has 1 atom stereocenters. The SMILES string of the molecule is Cl.NCCC(=O)NCC1CCCCN1C(=O)CN1CCCCCC1=O. The topological polar surface area (TPSA) is 95.7 Å². The third-order valence-electron chi connectivity index (χ3n) is 4.85. The molecule has 3 amide bonds. The van der Waals surface area contributed by atoms with Gasteiger partial charge in [-0.25, -0.2) is 0 Å². The number of rotatable bonds is 6. The molecule has 0 aliphatic carbocycles. The van der Waals surface area contributed by atoms with Crippen LogP contribution in [0.2, 0.25) is 0 Å². The number of carbonyl (C=O) groups is 3. The summed E-state index contributed by atoms with van der Waals surface area (Å²) in [5.41, 5.74) is 5.38. The number of carbonyl (C=O) groups excluding carboxylic acids is 3. The van der Waals surface area contributed by atoms with Gasteiger partial charge in [-0.3, -0.25) is 14.4 Å². The fraction of sp³-hybridized carbons (Fsp3) is 0.824. The number of nitrogens with one attached hydrogen (secondary N) is 1. The number of amides is 3. The van der Waals surface area contributed by atoms with Crippen molar-refractivity contribution in [2.45, 2.75) is 57.4 Å². The normalized spacial score (nSPS) is 21.3. The molecule has 0 bridgehead atoms. The van der Waals surface area contributed by atoms with Gasteiger partial charge in [-0.15, -0.1) is 12.4 Å². The standard InChI is InChI=1S/C17H30N4O3.ClH/c18-9-8-15(22)19-12-14-6-3-5-11-21(14)17(24)13-20-10-4-1-2-7-16(20)23;/h14H,1-13,18H2,(H,19,22);1H. The molecule has 0 aromatic rings. The lowest BCUT2D eigenvalue weighted by Crippen LogP contribution is -2.52. The zero-order valence-corrected chi connectivity index (χ0v) is 15.7. The van der Waals surface area contributed by atoms with Crippen LogP contribution in [0.4, 0.5) is 0 Å². The summed E-state index contributed by atoms with van der Waals surface area (Å²) in [5.74, 6) is 0.0202. The summed E-state index contributed by atoms with van der Waals surface area (Å²) >= 11 is 0. The summed E-state index contributed by atoms with van der Waals surface area (Å²) in [6.45, 7) is 2.36. The third-order valence-corrected chi connectivity index (χ3v) is 4.85. The Morgan fingerprint density at radius 1 is 1.12 bits per heavy atom. The van der Waals surface area contributed by atoms with Crippen molar-refractivity contribution in [3.05, 3.63) is 0 Å². The number of piperidine rings is 1. The summed E-state index contributed by atoms with van der Waals surface area (Å²) in [4.78, 5) is 40.0. The molecule has 8 heteroatoms. The zero-order chi connectivity index (χ0) is 17.4. The van der Waals surface area contributed by atoms with Crippen molar-refractivity contribution in [1.82, 2.24) is 15.1 Å². The van der Waals surface area contributed by atoms with Gasteiger partial charge >= 0.3 is 0 Å². The summed E-state index contributed by atoms with van der Waals surface area (Å²) in [6, 6.07) is 0.0232. The number of halogens is 1. The highest BCUT2D eigenvalue weighted by Gasteiger charge is 2.29. The maximum Gasteiger partial charge on any atom is 0.242 e. The molecule has 2 fully saturated rings. The Bertz CT molecular complexity index is 461.